The second-order valence-electron chi connectivity index (χ2n) is 18.6. The number of nitrogens with zero attached hydrogens (tertiary/aromatic N) is 9. The summed E-state index contributed by atoms with van der Waals surface area (Å²) in [5.41, 5.74) is -0.281. The molecule has 1 aromatic heterocycles. The van der Waals surface area contributed by atoms with E-state index in [4.69, 9.17) is 9.47 Å². The molecule has 0 unspecified atom stereocenters. The van der Waals surface area contributed by atoms with E-state index in [9.17, 15) is 22.4 Å². The van der Waals surface area contributed by atoms with Crippen LogP contribution in [0.15, 0.2) is 24.5 Å². The Morgan fingerprint density at radius 1 is 0.930 bits per heavy atom. The van der Waals surface area contributed by atoms with Gasteiger partial charge in [0.1, 0.15) is 23.5 Å². The maximum Gasteiger partial charge on any atom is 0.410 e. The maximum absolute atomic E-state index is 14.4. The molecule has 17 heteroatoms. The van der Waals surface area contributed by atoms with Crippen molar-refractivity contribution in [2.45, 2.75) is 98.3 Å². The van der Waals surface area contributed by atoms with E-state index >= 15 is 0 Å². The monoisotopic (exact) mass is 813 g/mol. The molecule has 2 spiro atoms. The highest BCUT2D eigenvalue weighted by molar-refractivity contribution is 7.86. The van der Waals surface area contributed by atoms with Crippen LogP contribution < -0.4 is 9.64 Å². The largest absolute Gasteiger partial charge is 0.444 e. The Hall–Kier alpha value is -3.67. The van der Waals surface area contributed by atoms with Crippen LogP contribution in [0.2, 0.25) is 0 Å². The van der Waals surface area contributed by atoms with E-state index in [1.165, 1.54) is 24.5 Å². The van der Waals surface area contributed by atoms with E-state index in [1.807, 2.05) is 48.5 Å². The lowest BCUT2D eigenvalue weighted by atomic mass is 9.72. The Balaban J connectivity index is 0.877. The fraction of sp³-hybridized carbons (Fsp3) is 0.725. The summed E-state index contributed by atoms with van der Waals surface area (Å²) < 4.78 is 56.9. The number of hydrogen-bond donors (Lipinski definition) is 0. The Morgan fingerprint density at radius 3 is 2.11 bits per heavy atom. The average molecular weight is 814 g/mol. The predicted octanol–water partition coefficient (Wildman–Crippen LogP) is 4.86. The van der Waals surface area contributed by atoms with Gasteiger partial charge in [0, 0.05) is 89.5 Å². The second kappa shape index (κ2) is 15.8. The Morgan fingerprint density at radius 2 is 1.53 bits per heavy atom. The number of hydrogen-bond acceptors (Lipinski definition) is 11. The van der Waals surface area contributed by atoms with Crippen molar-refractivity contribution in [1.82, 2.24) is 38.5 Å². The number of amides is 2. The highest BCUT2D eigenvalue weighted by Crippen LogP contribution is 2.45. The van der Waals surface area contributed by atoms with E-state index < -0.39 is 21.6 Å². The van der Waals surface area contributed by atoms with Crippen LogP contribution in [0.4, 0.5) is 15.0 Å². The molecule has 0 saturated carbocycles. The fourth-order valence-electron chi connectivity index (χ4n) is 9.58. The minimum Gasteiger partial charge on any atom is -0.444 e. The molecule has 1 atom stereocenters. The molecule has 2 amide bonds. The average Bonchev–Trinajstić information content (AvgIpc) is 3.58. The summed E-state index contributed by atoms with van der Waals surface area (Å²) in [5.74, 6) is 0.440. The molecule has 5 aliphatic rings. The third-order valence-corrected chi connectivity index (χ3v) is 14.5. The third-order valence-electron chi connectivity index (χ3n) is 12.4. The second-order valence-corrected chi connectivity index (χ2v) is 20.6. The van der Waals surface area contributed by atoms with Crippen LogP contribution in [-0.2, 0) is 14.9 Å². The van der Waals surface area contributed by atoms with Crippen LogP contribution in [0.3, 0.4) is 0 Å². The molecular formula is C40H60FN9O6S. The number of aromatic nitrogens is 3. The lowest BCUT2D eigenvalue weighted by molar-refractivity contribution is -0.0538. The van der Waals surface area contributed by atoms with Gasteiger partial charge in [-0.3, -0.25) is 4.79 Å². The molecule has 0 bridgehead atoms. The number of anilines is 1. The Kier molecular flexibility index (Phi) is 11.5. The van der Waals surface area contributed by atoms with Gasteiger partial charge >= 0.3 is 6.09 Å². The van der Waals surface area contributed by atoms with Gasteiger partial charge < -0.3 is 29.1 Å². The zero-order chi connectivity index (χ0) is 40.9. The first-order valence-electron chi connectivity index (χ1n) is 20.5. The van der Waals surface area contributed by atoms with Crippen molar-refractivity contribution in [2.75, 3.05) is 76.9 Å². The summed E-state index contributed by atoms with van der Waals surface area (Å²) in [5, 5.41) is 8.20. The number of carbonyl (C=O) groups excluding carboxylic acids is 2. The molecule has 2 aromatic rings. The highest BCUT2D eigenvalue weighted by Gasteiger charge is 2.51. The maximum atomic E-state index is 14.4. The first kappa shape index (κ1) is 41.5. The molecule has 0 aliphatic carbocycles. The molecule has 0 N–H and O–H groups in total. The topological polar surface area (TPSA) is 145 Å². The van der Waals surface area contributed by atoms with Crippen LogP contribution in [0.25, 0.3) is 0 Å². The van der Waals surface area contributed by atoms with E-state index in [0.717, 1.165) is 64.8 Å². The van der Waals surface area contributed by atoms with Crippen molar-refractivity contribution < 1.29 is 31.9 Å². The van der Waals surface area contributed by atoms with Gasteiger partial charge in [-0.25, -0.2) is 14.2 Å². The molecule has 5 aliphatic heterocycles. The minimum absolute atomic E-state index is 0.0127. The number of benzene rings is 1. The first-order valence-corrected chi connectivity index (χ1v) is 21.9. The number of carbonyl (C=O) groups is 2. The SMILES string of the molecule is CC(C)N(C(=O)c1cc(F)ccc1Oc1nncnc1N1CC[C@@H](CN2CC3(CCN(S(=O)(=O)N4CCC5(CC4)CN(C(=O)OC(C)(C)C)C5)CC3)C2)C1)C(C)C. The van der Waals surface area contributed by atoms with Crippen LogP contribution in [0, 0.1) is 22.6 Å². The van der Waals surface area contributed by atoms with Gasteiger partial charge in [0.25, 0.3) is 22.0 Å². The zero-order valence-electron chi connectivity index (χ0n) is 34.6. The van der Waals surface area contributed by atoms with Gasteiger partial charge in [0.2, 0.25) is 0 Å². The van der Waals surface area contributed by atoms with Crippen molar-refractivity contribution in [1.29, 1.82) is 0 Å². The van der Waals surface area contributed by atoms with Crippen LogP contribution in [-0.4, -0.2) is 149 Å². The number of likely N-dealkylation sites (tertiary alicyclic amines) is 2. The van der Waals surface area contributed by atoms with Crippen molar-refractivity contribution in [2.24, 2.45) is 16.7 Å². The standard InChI is InChI=1S/C40H60FN9O6S/c1-28(2)50(29(3)4)36(51)32-20-31(41)8-9-33(32)55-35-34(42-27-43-44-35)46-15-10-30(22-46)21-45-23-39(24-45)11-16-48(17-12-39)57(53,54)49-18-13-40(14-19-49)25-47(26-40)37(52)56-38(5,6)7/h8-9,20,27-30H,10-19,21-26H2,1-7H3/t30-/m0/s1. The van der Waals surface area contributed by atoms with E-state index in [1.54, 1.807) is 18.4 Å². The van der Waals surface area contributed by atoms with Crippen LogP contribution in [0.1, 0.15) is 90.9 Å². The van der Waals surface area contributed by atoms with Gasteiger partial charge in [-0.15, -0.1) is 10.2 Å². The van der Waals surface area contributed by atoms with Crippen molar-refractivity contribution in [3.8, 4) is 11.6 Å². The van der Waals surface area contributed by atoms with Gasteiger partial charge in [-0.05, 0) is 110 Å². The van der Waals surface area contributed by atoms with Gasteiger partial charge in [0.15, 0.2) is 5.82 Å². The summed E-state index contributed by atoms with van der Waals surface area (Å²) in [4.78, 5) is 38.6. The summed E-state index contributed by atoms with van der Waals surface area (Å²) in [6.45, 7) is 21.0. The number of rotatable bonds is 10. The summed E-state index contributed by atoms with van der Waals surface area (Å²) >= 11 is 0. The van der Waals surface area contributed by atoms with Crippen molar-refractivity contribution in [3.63, 3.8) is 0 Å². The van der Waals surface area contributed by atoms with Gasteiger partial charge in [-0.1, -0.05) is 0 Å². The van der Waals surface area contributed by atoms with Crippen LogP contribution in [0.5, 0.6) is 11.6 Å². The molecule has 1 aromatic carbocycles. The molecule has 5 fully saturated rings. The molecule has 15 nitrogen and oxygen atoms in total. The molecule has 5 saturated heterocycles. The fourth-order valence-corrected chi connectivity index (χ4v) is 11.2. The van der Waals surface area contributed by atoms with Crippen molar-refractivity contribution in [3.05, 3.63) is 35.9 Å². The molecule has 314 valence electrons. The van der Waals surface area contributed by atoms with Crippen molar-refractivity contribution >= 4 is 28.0 Å². The lowest BCUT2D eigenvalue weighted by Crippen LogP contribution is -2.64. The molecule has 57 heavy (non-hydrogen) atoms. The van der Waals surface area contributed by atoms with E-state index in [2.05, 4.69) is 25.0 Å². The smallest absolute Gasteiger partial charge is 0.410 e. The summed E-state index contributed by atoms with van der Waals surface area (Å²) in [6.07, 6.45) is 5.28. The molecule has 6 heterocycles. The third kappa shape index (κ3) is 8.86. The first-order chi connectivity index (χ1) is 26.9. The Bertz CT molecular complexity index is 1890. The van der Waals surface area contributed by atoms with Crippen LogP contribution >= 0.6 is 0 Å². The van der Waals surface area contributed by atoms with Gasteiger partial charge in [-0.2, -0.15) is 17.0 Å². The molecule has 7 rings (SSSR count). The summed E-state index contributed by atoms with van der Waals surface area (Å²) in [7, 11) is -3.53. The number of ether oxygens (including phenoxy) is 2. The zero-order valence-corrected chi connectivity index (χ0v) is 35.4. The molecule has 0 radical (unpaired) electrons. The highest BCUT2D eigenvalue weighted by atomic mass is 32.2. The lowest BCUT2D eigenvalue weighted by Gasteiger charge is -2.55. The Labute approximate surface area is 337 Å². The number of piperidine rings is 2. The molecular weight excluding hydrogens is 754 g/mol. The number of halogens is 1. The van der Waals surface area contributed by atoms with E-state index in [0.29, 0.717) is 51.0 Å². The predicted molar refractivity (Wildman–Crippen MR) is 213 cm³/mol. The minimum atomic E-state index is -3.53. The normalized spacial score (nSPS) is 22.9. The van der Waals surface area contributed by atoms with E-state index in [-0.39, 0.29) is 52.1 Å². The quantitative estimate of drug-likeness (QED) is 0.324. The summed E-state index contributed by atoms with van der Waals surface area (Å²) in [6, 6.07) is 3.73. The van der Waals surface area contributed by atoms with Gasteiger partial charge in [0.05, 0.1) is 5.56 Å².